The molecule has 1 aromatic heterocycles. The zero-order chi connectivity index (χ0) is 16.5. The molecule has 1 N–H and O–H groups in total. The highest BCUT2D eigenvalue weighted by Crippen LogP contribution is 2.34. The van der Waals surface area contributed by atoms with Gasteiger partial charge in [0.1, 0.15) is 6.54 Å². The van der Waals surface area contributed by atoms with Crippen molar-refractivity contribution in [1.82, 2.24) is 9.88 Å². The van der Waals surface area contributed by atoms with Gasteiger partial charge in [-0.05, 0) is 25.7 Å². The van der Waals surface area contributed by atoms with Gasteiger partial charge in [0.25, 0.3) is 0 Å². The van der Waals surface area contributed by atoms with Crippen molar-refractivity contribution in [2.24, 2.45) is 11.3 Å². The van der Waals surface area contributed by atoms with Crippen molar-refractivity contribution in [1.29, 1.82) is 0 Å². The van der Waals surface area contributed by atoms with Crippen LogP contribution in [0.1, 0.15) is 37.8 Å². The van der Waals surface area contributed by atoms with Crippen LogP contribution >= 0.6 is 11.3 Å². The predicted molar refractivity (Wildman–Crippen MR) is 88.4 cm³/mol. The summed E-state index contributed by atoms with van der Waals surface area (Å²) in [5.74, 6) is 0.230. The fourth-order valence-electron chi connectivity index (χ4n) is 3.01. The number of amides is 1. The number of hydrogen-bond donors (Lipinski definition) is 1. The Kier molecular flexibility index (Phi) is 5.12. The lowest BCUT2D eigenvalue weighted by atomic mass is 9.81. The van der Waals surface area contributed by atoms with Crippen LogP contribution < -0.4 is 10.2 Å². The average Bonchev–Trinajstić information content (AvgIpc) is 2.97. The van der Waals surface area contributed by atoms with Gasteiger partial charge >= 0.3 is 4.87 Å². The van der Waals surface area contributed by atoms with Crippen LogP contribution in [0.4, 0.5) is 0 Å². The first-order valence-corrected chi connectivity index (χ1v) is 8.57. The topological polar surface area (TPSA) is 60.3 Å². The van der Waals surface area contributed by atoms with E-state index in [0.29, 0.717) is 12.5 Å². The van der Waals surface area contributed by atoms with E-state index in [0.717, 1.165) is 23.6 Å². The summed E-state index contributed by atoms with van der Waals surface area (Å²) in [6, 6.07) is 0. The Hall–Kier alpha value is -1.14. The molecule has 6 heteroatoms. The summed E-state index contributed by atoms with van der Waals surface area (Å²) in [5, 5.41) is 2.96. The molecule has 0 bridgehead atoms. The lowest BCUT2D eigenvalue weighted by molar-refractivity contribution is -0.122. The third-order valence-corrected chi connectivity index (χ3v) is 5.30. The molecular weight excluding hydrogens is 300 g/mol. The van der Waals surface area contributed by atoms with Gasteiger partial charge in [0.2, 0.25) is 5.91 Å². The molecule has 22 heavy (non-hydrogen) atoms. The van der Waals surface area contributed by atoms with Crippen molar-refractivity contribution in [2.75, 3.05) is 13.2 Å². The van der Waals surface area contributed by atoms with Crippen LogP contribution in [0.3, 0.4) is 0 Å². The Labute approximate surface area is 135 Å². The molecular formula is C16H26N2O3S. The maximum Gasteiger partial charge on any atom is 0.308 e. The van der Waals surface area contributed by atoms with Crippen LogP contribution in [0.2, 0.25) is 0 Å². The lowest BCUT2D eigenvalue weighted by Crippen LogP contribution is -2.40. The second kappa shape index (κ2) is 6.54. The van der Waals surface area contributed by atoms with Crippen molar-refractivity contribution >= 4 is 17.2 Å². The molecule has 1 fully saturated rings. The molecule has 1 aliphatic rings. The maximum absolute atomic E-state index is 12.1. The summed E-state index contributed by atoms with van der Waals surface area (Å²) in [4.78, 5) is 24.9. The molecule has 2 heterocycles. The van der Waals surface area contributed by atoms with Crippen molar-refractivity contribution < 1.29 is 9.53 Å². The Morgan fingerprint density at radius 2 is 2.09 bits per heavy atom. The monoisotopic (exact) mass is 326 g/mol. The maximum atomic E-state index is 12.1. The third-order valence-electron chi connectivity index (χ3n) is 4.31. The van der Waals surface area contributed by atoms with E-state index in [2.05, 4.69) is 26.1 Å². The number of aromatic nitrogens is 1. The Morgan fingerprint density at radius 3 is 2.64 bits per heavy atom. The highest BCUT2D eigenvalue weighted by Gasteiger charge is 2.37. The van der Waals surface area contributed by atoms with E-state index < -0.39 is 0 Å². The number of thiazole rings is 1. The van der Waals surface area contributed by atoms with Crippen LogP contribution in [0.5, 0.6) is 0 Å². The standard InChI is InChI=1S/C16H26N2O3S/c1-10-11(2)22-15(20)18(10)9-13(19)17-8-12-6-7-21-14(12)16(3,4)5/h12,14H,6-9H2,1-5H3,(H,17,19). The van der Waals surface area contributed by atoms with Gasteiger partial charge in [0, 0.05) is 29.6 Å². The Morgan fingerprint density at radius 1 is 1.41 bits per heavy atom. The van der Waals surface area contributed by atoms with Crippen LogP contribution in [-0.2, 0) is 16.1 Å². The number of nitrogens with one attached hydrogen (secondary N) is 1. The second-order valence-electron chi connectivity index (χ2n) is 7.11. The summed E-state index contributed by atoms with van der Waals surface area (Å²) in [7, 11) is 0. The van der Waals surface area contributed by atoms with E-state index >= 15 is 0 Å². The van der Waals surface area contributed by atoms with Crippen LogP contribution in [0.15, 0.2) is 4.79 Å². The molecule has 0 saturated carbocycles. The highest BCUT2D eigenvalue weighted by molar-refractivity contribution is 7.09. The van der Waals surface area contributed by atoms with Gasteiger partial charge in [0.15, 0.2) is 0 Å². The smallest absolute Gasteiger partial charge is 0.308 e. The van der Waals surface area contributed by atoms with Crippen LogP contribution in [0, 0.1) is 25.2 Å². The Bertz CT molecular complexity index is 598. The number of rotatable bonds is 4. The van der Waals surface area contributed by atoms with Gasteiger partial charge in [-0.2, -0.15) is 0 Å². The van der Waals surface area contributed by atoms with E-state index in [4.69, 9.17) is 4.74 Å². The average molecular weight is 326 g/mol. The summed E-state index contributed by atoms with van der Waals surface area (Å²) >= 11 is 1.19. The van der Waals surface area contributed by atoms with Gasteiger partial charge < -0.3 is 10.1 Å². The quantitative estimate of drug-likeness (QED) is 0.922. The molecule has 0 radical (unpaired) electrons. The minimum Gasteiger partial charge on any atom is -0.377 e. The molecule has 1 amide bonds. The fourth-order valence-corrected chi connectivity index (χ4v) is 3.85. The first-order valence-electron chi connectivity index (χ1n) is 7.75. The van der Waals surface area contributed by atoms with E-state index in [-0.39, 0.29) is 28.8 Å². The summed E-state index contributed by atoms with van der Waals surface area (Å²) in [6.45, 7) is 11.7. The van der Waals surface area contributed by atoms with E-state index in [1.165, 1.54) is 11.3 Å². The van der Waals surface area contributed by atoms with Crippen molar-refractivity contribution in [3.05, 3.63) is 20.2 Å². The van der Waals surface area contributed by atoms with Crippen molar-refractivity contribution in [3.63, 3.8) is 0 Å². The second-order valence-corrected chi connectivity index (χ2v) is 8.27. The normalized spacial score (nSPS) is 22.0. The molecule has 0 spiro atoms. The zero-order valence-corrected chi connectivity index (χ0v) is 14.9. The van der Waals surface area contributed by atoms with Gasteiger partial charge in [-0.3, -0.25) is 14.2 Å². The highest BCUT2D eigenvalue weighted by atomic mass is 32.1. The van der Waals surface area contributed by atoms with E-state index in [1.54, 1.807) is 4.57 Å². The SMILES string of the molecule is Cc1sc(=O)n(CC(=O)NCC2CCOC2C(C)(C)C)c1C. The molecule has 124 valence electrons. The Balaban J connectivity index is 1.92. The lowest BCUT2D eigenvalue weighted by Gasteiger charge is -2.31. The molecule has 2 unspecified atom stereocenters. The fraction of sp³-hybridized carbons (Fsp3) is 0.750. The van der Waals surface area contributed by atoms with E-state index in [9.17, 15) is 9.59 Å². The van der Waals surface area contributed by atoms with Crippen molar-refractivity contribution in [2.45, 2.75) is 53.7 Å². The number of aryl methyl sites for hydroxylation is 1. The number of hydrogen-bond acceptors (Lipinski definition) is 4. The predicted octanol–water partition coefficient (Wildman–Crippen LogP) is 2.09. The molecule has 5 nitrogen and oxygen atoms in total. The van der Waals surface area contributed by atoms with Gasteiger partial charge in [0.05, 0.1) is 6.10 Å². The molecule has 2 rings (SSSR count). The molecule has 0 aromatic carbocycles. The first kappa shape index (κ1) is 17.2. The van der Waals surface area contributed by atoms with Crippen molar-refractivity contribution in [3.8, 4) is 0 Å². The molecule has 1 saturated heterocycles. The van der Waals surface area contributed by atoms with Crippen LogP contribution in [-0.4, -0.2) is 29.7 Å². The van der Waals surface area contributed by atoms with Gasteiger partial charge in [-0.15, -0.1) is 0 Å². The van der Waals surface area contributed by atoms with E-state index in [1.807, 2.05) is 13.8 Å². The van der Waals surface area contributed by atoms with Gasteiger partial charge in [-0.1, -0.05) is 32.1 Å². The molecule has 0 aliphatic carbocycles. The third kappa shape index (κ3) is 3.79. The summed E-state index contributed by atoms with van der Waals surface area (Å²) < 4.78 is 7.36. The summed E-state index contributed by atoms with van der Waals surface area (Å²) in [5.41, 5.74) is 0.950. The molecule has 1 aromatic rings. The van der Waals surface area contributed by atoms with Crippen LogP contribution in [0.25, 0.3) is 0 Å². The number of carbonyl (C=O) groups is 1. The number of nitrogens with zero attached hydrogens (tertiary/aromatic N) is 1. The minimum atomic E-state index is -0.109. The summed E-state index contributed by atoms with van der Waals surface area (Å²) in [6.07, 6.45) is 1.14. The number of carbonyl (C=O) groups excluding carboxylic acids is 1. The molecule has 2 atom stereocenters. The zero-order valence-electron chi connectivity index (χ0n) is 14.1. The van der Waals surface area contributed by atoms with Gasteiger partial charge in [-0.25, -0.2) is 0 Å². The number of ether oxygens (including phenoxy) is 1. The first-order chi connectivity index (χ1) is 10.2. The molecule has 1 aliphatic heterocycles. The largest absolute Gasteiger partial charge is 0.377 e. The minimum absolute atomic E-state index is 0.0677.